The molecule has 0 radical (unpaired) electrons. The Morgan fingerprint density at radius 1 is 0.946 bits per heavy atom. The highest BCUT2D eigenvalue weighted by atomic mass is 16.3. The fraction of sp³-hybridized carbons (Fsp3) is 0.517. The lowest BCUT2D eigenvalue weighted by molar-refractivity contribution is -0.120. The van der Waals surface area contributed by atoms with E-state index in [2.05, 4.69) is 55.7 Å². The molecule has 2 aromatic carbocycles. The van der Waals surface area contributed by atoms with Crippen LogP contribution in [-0.4, -0.2) is 97.1 Å². The van der Waals surface area contributed by atoms with E-state index in [0.29, 0.717) is 18.5 Å². The van der Waals surface area contributed by atoms with Crippen LogP contribution in [0.5, 0.6) is 0 Å². The summed E-state index contributed by atoms with van der Waals surface area (Å²) in [5.74, 6) is -0.0453. The Morgan fingerprint density at radius 3 is 2.49 bits per heavy atom. The van der Waals surface area contributed by atoms with E-state index in [1.807, 2.05) is 18.2 Å². The van der Waals surface area contributed by atoms with Gasteiger partial charge < -0.3 is 20.6 Å². The fourth-order valence-electron chi connectivity index (χ4n) is 5.21. The maximum Gasteiger partial charge on any atom is 0.251 e. The molecule has 0 saturated carbocycles. The van der Waals surface area contributed by atoms with Gasteiger partial charge in [0.25, 0.3) is 5.91 Å². The first-order valence-corrected chi connectivity index (χ1v) is 13.5. The number of rotatable bonds is 11. The minimum absolute atomic E-state index is 0.102. The van der Waals surface area contributed by atoms with Crippen molar-refractivity contribution in [3.8, 4) is 0 Å². The smallest absolute Gasteiger partial charge is 0.251 e. The van der Waals surface area contributed by atoms with Crippen LogP contribution in [0.15, 0.2) is 48.5 Å². The van der Waals surface area contributed by atoms with Gasteiger partial charge in [0.05, 0.1) is 6.10 Å². The van der Waals surface area contributed by atoms with Gasteiger partial charge in [0.15, 0.2) is 0 Å². The highest BCUT2D eigenvalue weighted by molar-refractivity contribution is 5.94. The second-order valence-corrected chi connectivity index (χ2v) is 10.2. The summed E-state index contributed by atoms with van der Waals surface area (Å²) in [6.07, 6.45) is 1.85. The summed E-state index contributed by atoms with van der Waals surface area (Å²) in [5, 5.41) is 16.1. The molecule has 1 unspecified atom stereocenters. The van der Waals surface area contributed by atoms with E-state index < -0.39 is 6.10 Å². The number of carbonyl (C=O) groups excluding carboxylic acids is 2. The summed E-state index contributed by atoms with van der Waals surface area (Å²) in [7, 11) is 1.68. The number of nitrogens with zero attached hydrogens (tertiary/aromatic N) is 3. The van der Waals surface area contributed by atoms with Gasteiger partial charge in [-0.15, -0.1) is 0 Å². The fourth-order valence-corrected chi connectivity index (χ4v) is 5.21. The first-order valence-electron chi connectivity index (χ1n) is 13.5. The van der Waals surface area contributed by atoms with Gasteiger partial charge in [-0.3, -0.25) is 19.4 Å². The van der Waals surface area contributed by atoms with Crippen molar-refractivity contribution in [2.75, 3.05) is 59.4 Å². The third kappa shape index (κ3) is 8.36. The van der Waals surface area contributed by atoms with Crippen molar-refractivity contribution in [1.82, 2.24) is 25.3 Å². The number of aliphatic hydroxyl groups is 1. The van der Waals surface area contributed by atoms with Crippen LogP contribution in [0.4, 0.5) is 0 Å². The van der Waals surface area contributed by atoms with E-state index in [1.165, 1.54) is 11.1 Å². The second-order valence-electron chi connectivity index (χ2n) is 10.2. The van der Waals surface area contributed by atoms with Gasteiger partial charge in [-0.25, -0.2) is 0 Å². The monoisotopic (exact) mass is 507 g/mol. The Balaban J connectivity index is 1.17. The maximum atomic E-state index is 12.8. The molecular formula is C29H41N5O3. The van der Waals surface area contributed by atoms with Crippen molar-refractivity contribution in [3.63, 3.8) is 0 Å². The Kier molecular flexibility index (Phi) is 10.1. The lowest BCUT2D eigenvalue weighted by Crippen LogP contribution is -2.46. The number of hydrogen-bond acceptors (Lipinski definition) is 6. The molecule has 2 aliphatic heterocycles. The number of hydrogen-bond donors (Lipinski definition) is 3. The van der Waals surface area contributed by atoms with Gasteiger partial charge in [0.2, 0.25) is 5.91 Å². The van der Waals surface area contributed by atoms with Crippen molar-refractivity contribution < 1.29 is 14.7 Å². The number of aliphatic hydroxyl groups excluding tert-OH is 1. The summed E-state index contributed by atoms with van der Waals surface area (Å²) < 4.78 is 0. The third-order valence-electron chi connectivity index (χ3n) is 7.39. The first kappa shape index (κ1) is 27.3. The molecule has 2 aromatic rings. The maximum absolute atomic E-state index is 12.8. The predicted octanol–water partition coefficient (Wildman–Crippen LogP) is 1.48. The van der Waals surface area contributed by atoms with Gasteiger partial charge >= 0.3 is 0 Å². The molecule has 37 heavy (non-hydrogen) atoms. The molecular weight excluding hydrogens is 466 g/mol. The summed E-state index contributed by atoms with van der Waals surface area (Å²) in [5.41, 5.74) is 4.46. The van der Waals surface area contributed by atoms with Crippen LogP contribution in [0.25, 0.3) is 0 Å². The van der Waals surface area contributed by atoms with Crippen LogP contribution in [0, 0.1) is 0 Å². The molecule has 8 nitrogen and oxygen atoms in total. The average Bonchev–Trinajstić information content (AvgIpc) is 2.92. The Morgan fingerprint density at radius 2 is 1.70 bits per heavy atom. The molecule has 8 heteroatoms. The molecule has 1 fully saturated rings. The number of carbonyl (C=O) groups is 2. The third-order valence-corrected chi connectivity index (χ3v) is 7.39. The van der Waals surface area contributed by atoms with Gasteiger partial charge in [0.1, 0.15) is 0 Å². The topological polar surface area (TPSA) is 88.2 Å². The number of nitrogens with one attached hydrogen (secondary N) is 2. The van der Waals surface area contributed by atoms with E-state index in [-0.39, 0.29) is 18.4 Å². The molecule has 4 rings (SSSR count). The molecule has 2 heterocycles. The van der Waals surface area contributed by atoms with Crippen LogP contribution in [0.1, 0.15) is 39.9 Å². The molecule has 0 spiro atoms. The molecule has 1 atom stereocenters. The Labute approximate surface area is 220 Å². The van der Waals surface area contributed by atoms with Crippen LogP contribution in [0.3, 0.4) is 0 Å². The average molecular weight is 508 g/mol. The molecule has 3 N–H and O–H groups in total. The van der Waals surface area contributed by atoms with Crippen LogP contribution in [-0.2, 0) is 24.3 Å². The van der Waals surface area contributed by atoms with E-state index in [0.717, 1.165) is 70.8 Å². The number of β-amino-alcohol motifs (C(OH)–C–C–N with tert-alkyl or cyclic N) is 1. The molecule has 2 amide bonds. The Bertz CT molecular complexity index is 1040. The zero-order valence-corrected chi connectivity index (χ0v) is 22.0. The summed E-state index contributed by atoms with van der Waals surface area (Å²) in [6.45, 7) is 8.26. The minimum Gasteiger partial charge on any atom is -0.390 e. The van der Waals surface area contributed by atoms with E-state index >= 15 is 0 Å². The van der Waals surface area contributed by atoms with Gasteiger partial charge in [-0.2, -0.15) is 0 Å². The van der Waals surface area contributed by atoms with Crippen molar-refractivity contribution >= 4 is 11.8 Å². The summed E-state index contributed by atoms with van der Waals surface area (Å²) in [4.78, 5) is 31.2. The van der Waals surface area contributed by atoms with E-state index in [1.54, 1.807) is 7.05 Å². The lowest BCUT2D eigenvalue weighted by atomic mass is 10.00. The number of fused-ring (bicyclic) bond motifs is 1. The molecule has 2 aliphatic rings. The molecule has 1 saturated heterocycles. The SMILES string of the molecule is CNC(=O)CCCN1CCN(Cc2cccc(C(=O)NCC(O)CN3CCc4ccccc4C3)c2)CC1. The van der Waals surface area contributed by atoms with Gasteiger partial charge in [-0.05, 0) is 48.2 Å². The van der Waals surface area contributed by atoms with Crippen molar-refractivity contribution in [2.45, 2.75) is 38.5 Å². The highest BCUT2D eigenvalue weighted by Crippen LogP contribution is 2.18. The zero-order chi connectivity index (χ0) is 26.0. The summed E-state index contributed by atoms with van der Waals surface area (Å²) in [6, 6.07) is 16.2. The van der Waals surface area contributed by atoms with Crippen molar-refractivity contribution in [2.24, 2.45) is 0 Å². The van der Waals surface area contributed by atoms with Crippen LogP contribution < -0.4 is 10.6 Å². The molecule has 0 aliphatic carbocycles. The van der Waals surface area contributed by atoms with Gasteiger partial charge in [0, 0.05) is 77.9 Å². The quantitative estimate of drug-likeness (QED) is 0.427. The standard InChI is InChI=1S/C29H41N5O3/c1-30-28(36)10-5-12-32-14-16-33(17-15-32)20-23-6-4-9-25(18-23)29(37)31-19-27(35)22-34-13-11-24-7-2-3-8-26(24)21-34/h2-4,6-9,18,27,35H,5,10-17,19-22H2,1H3,(H,30,36)(H,31,37). The minimum atomic E-state index is -0.606. The van der Waals surface area contributed by atoms with Crippen LogP contribution >= 0.6 is 0 Å². The lowest BCUT2D eigenvalue weighted by Gasteiger charge is -2.34. The Hall–Kier alpha value is -2.78. The number of amides is 2. The number of benzene rings is 2. The number of piperazine rings is 1. The molecule has 0 bridgehead atoms. The van der Waals surface area contributed by atoms with E-state index in [9.17, 15) is 14.7 Å². The predicted molar refractivity (Wildman–Crippen MR) is 145 cm³/mol. The molecule has 0 aromatic heterocycles. The zero-order valence-electron chi connectivity index (χ0n) is 22.0. The second kappa shape index (κ2) is 13.7. The van der Waals surface area contributed by atoms with Crippen molar-refractivity contribution in [1.29, 1.82) is 0 Å². The largest absolute Gasteiger partial charge is 0.390 e. The van der Waals surface area contributed by atoms with Crippen LogP contribution in [0.2, 0.25) is 0 Å². The highest BCUT2D eigenvalue weighted by Gasteiger charge is 2.20. The van der Waals surface area contributed by atoms with Gasteiger partial charge in [-0.1, -0.05) is 36.4 Å². The first-order chi connectivity index (χ1) is 18.0. The van der Waals surface area contributed by atoms with E-state index in [4.69, 9.17) is 0 Å². The van der Waals surface area contributed by atoms with Crippen molar-refractivity contribution in [3.05, 3.63) is 70.8 Å². The summed E-state index contributed by atoms with van der Waals surface area (Å²) >= 11 is 0. The normalized spacial score (nSPS) is 17.7. The molecule has 200 valence electrons.